The second-order valence-corrected chi connectivity index (χ2v) is 6.25. The van der Waals surface area contributed by atoms with Crippen molar-refractivity contribution in [3.8, 4) is 0 Å². The Morgan fingerprint density at radius 1 is 1.25 bits per heavy atom. The first kappa shape index (κ1) is 15.0. The van der Waals surface area contributed by atoms with Crippen LogP contribution in [-0.4, -0.2) is 58.0 Å². The van der Waals surface area contributed by atoms with E-state index in [-0.39, 0.29) is 6.09 Å². The second-order valence-electron chi connectivity index (χ2n) is 5.54. The summed E-state index contributed by atoms with van der Waals surface area (Å²) >= 11 is 3.15. The van der Waals surface area contributed by atoms with Gasteiger partial charge in [-0.3, -0.25) is 0 Å². The summed E-state index contributed by atoms with van der Waals surface area (Å²) < 4.78 is 5.82. The van der Waals surface area contributed by atoms with Gasteiger partial charge >= 0.3 is 6.09 Å². The highest BCUT2D eigenvalue weighted by Gasteiger charge is 2.26. The van der Waals surface area contributed by atoms with E-state index in [1.165, 1.54) is 0 Å². The maximum atomic E-state index is 11.9. The number of aromatic nitrogens is 3. The minimum atomic E-state index is -0.463. The van der Waals surface area contributed by atoms with Crippen LogP contribution in [-0.2, 0) is 4.74 Å². The molecule has 1 fully saturated rings. The van der Waals surface area contributed by atoms with E-state index in [0.29, 0.717) is 30.9 Å². The molecule has 1 aromatic heterocycles. The van der Waals surface area contributed by atoms with Gasteiger partial charge in [-0.15, -0.1) is 10.2 Å². The van der Waals surface area contributed by atoms with Crippen molar-refractivity contribution in [2.75, 3.05) is 31.1 Å². The zero-order chi connectivity index (χ0) is 14.8. The van der Waals surface area contributed by atoms with Crippen molar-refractivity contribution >= 4 is 27.8 Å². The van der Waals surface area contributed by atoms with Gasteiger partial charge in [0.25, 0.3) is 0 Å². The molecule has 0 unspecified atom stereocenters. The van der Waals surface area contributed by atoms with Crippen LogP contribution in [0.25, 0.3) is 0 Å². The molecule has 20 heavy (non-hydrogen) atoms. The van der Waals surface area contributed by atoms with E-state index in [0.717, 1.165) is 5.82 Å². The zero-order valence-corrected chi connectivity index (χ0v) is 13.4. The van der Waals surface area contributed by atoms with Gasteiger partial charge in [-0.05, 0) is 36.7 Å². The molecule has 2 rings (SSSR count). The van der Waals surface area contributed by atoms with E-state index < -0.39 is 5.60 Å². The molecule has 0 N–H and O–H groups in total. The first-order valence-electron chi connectivity index (χ1n) is 6.43. The lowest BCUT2D eigenvalue weighted by molar-refractivity contribution is 0.0240. The average Bonchev–Trinajstić information content (AvgIpc) is 2.38. The molecule has 2 heterocycles. The Morgan fingerprint density at radius 3 is 2.40 bits per heavy atom. The number of anilines is 1. The SMILES string of the molecule is CC(C)(C)OC(=O)N1CCN(c2cnc(Br)nn2)CC1. The molecule has 1 amide bonds. The molecule has 0 saturated carbocycles. The molecule has 0 bridgehead atoms. The Bertz CT molecular complexity index is 466. The number of rotatable bonds is 1. The molecule has 110 valence electrons. The number of halogens is 1. The first-order valence-corrected chi connectivity index (χ1v) is 7.22. The predicted octanol–water partition coefficient (Wildman–Crippen LogP) is 1.69. The molecule has 8 heteroatoms. The summed E-state index contributed by atoms with van der Waals surface area (Å²) in [4.78, 5) is 19.8. The molecule has 1 saturated heterocycles. The van der Waals surface area contributed by atoms with Gasteiger partial charge in [0.05, 0.1) is 6.20 Å². The number of carbonyl (C=O) groups excluding carboxylic acids is 1. The number of carbonyl (C=O) groups is 1. The van der Waals surface area contributed by atoms with E-state index in [9.17, 15) is 4.79 Å². The summed E-state index contributed by atoms with van der Waals surface area (Å²) in [5.74, 6) is 0.719. The van der Waals surface area contributed by atoms with E-state index in [1.54, 1.807) is 11.1 Å². The normalized spacial score (nSPS) is 16.2. The van der Waals surface area contributed by atoms with Gasteiger partial charge in [0.1, 0.15) is 5.60 Å². The molecule has 0 atom stereocenters. The van der Waals surface area contributed by atoms with Crippen molar-refractivity contribution in [1.82, 2.24) is 20.1 Å². The summed E-state index contributed by atoms with van der Waals surface area (Å²) in [6, 6.07) is 0. The molecule has 0 aromatic carbocycles. The van der Waals surface area contributed by atoms with E-state index in [4.69, 9.17) is 4.74 Å². The van der Waals surface area contributed by atoms with Crippen LogP contribution < -0.4 is 4.90 Å². The fourth-order valence-corrected chi connectivity index (χ4v) is 2.03. The molecular formula is C12H18BrN5O2. The van der Waals surface area contributed by atoms with Gasteiger partial charge in [0.2, 0.25) is 4.73 Å². The Morgan fingerprint density at radius 2 is 1.90 bits per heavy atom. The Hall–Kier alpha value is -1.44. The van der Waals surface area contributed by atoms with Gasteiger partial charge in [0.15, 0.2) is 5.82 Å². The predicted molar refractivity (Wildman–Crippen MR) is 77.5 cm³/mol. The lowest BCUT2D eigenvalue weighted by atomic mass is 10.2. The van der Waals surface area contributed by atoms with Crippen molar-refractivity contribution < 1.29 is 9.53 Å². The highest BCUT2D eigenvalue weighted by atomic mass is 79.9. The summed E-state index contributed by atoms with van der Waals surface area (Å²) in [5.41, 5.74) is -0.463. The lowest BCUT2D eigenvalue weighted by Gasteiger charge is -2.35. The van der Waals surface area contributed by atoms with Gasteiger partial charge in [-0.2, -0.15) is 0 Å². The lowest BCUT2D eigenvalue weighted by Crippen LogP contribution is -2.50. The van der Waals surface area contributed by atoms with E-state index in [1.807, 2.05) is 25.7 Å². The minimum Gasteiger partial charge on any atom is -0.444 e. The quantitative estimate of drug-likeness (QED) is 0.772. The Labute approximate surface area is 126 Å². The minimum absolute atomic E-state index is 0.267. The number of amides is 1. The third-order valence-electron chi connectivity index (χ3n) is 2.78. The third-order valence-corrected chi connectivity index (χ3v) is 3.14. The van der Waals surface area contributed by atoms with Crippen molar-refractivity contribution in [1.29, 1.82) is 0 Å². The highest BCUT2D eigenvalue weighted by molar-refractivity contribution is 9.10. The largest absolute Gasteiger partial charge is 0.444 e. The Kier molecular flexibility index (Phi) is 4.42. The molecule has 0 aliphatic carbocycles. The fourth-order valence-electron chi connectivity index (χ4n) is 1.84. The van der Waals surface area contributed by atoms with Crippen molar-refractivity contribution in [3.63, 3.8) is 0 Å². The van der Waals surface area contributed by atoms with Crippen molar-refractivity contribution in [2.24, 2.45) is 0 Å². The molecular weight excluding hydrogens is 326 g/mol. The van der Waals surface area contributed by atoms with Gasteiger partial charge < -0.3 is 14.5 Å². The van der Waals surface area contributed by atoms with Crippen LogP contribution in [0.2, 0.25) is 0 Å². The number of hydrogen-bond acceptors (Lipinski definition) is 6. The molecule has 1 aliphatic rings. The fraction of sp³-hybridized carbons (Fsp3) is 0.667. The first-order chi connectivity index (χ1) is 9.35. The summed E-state index contributed by atoms with van der Waals surface area (Å²) in [7, 11) is 0. The molecule has 0 spiro atoms. The molecule has 1 aliphatic heterocycles. The third kappa shape index (κ3) is 4.03. The number of nitrogens with zero attached hydrogens (tertiary/aromatic N) is 5. The van der Waals surface area contributed by atoms with Gasteiger partial charge in [-0.25, -0.2) is 9.78 Å². The summed E-state index contributed by atoms with van der Waals surface area (Å²) in [6.07, 6.45) is 1.40. The van der Waals surface area contributed by atoms with Crippen molar-refractivity contribution in [3.05, 3.63) is 10.9 Å². The topological polar surface area (TPSA) is 71.5 Å². The maximum Gasteiger partial charge on any atom is 0.410 e. The standard InChI is InChI=1S/C12H18BrN5O2/c1-12(2,3)20-11(19)18-6-4-17(5-7-18)9-8-14-10(13)16-15-9/h8H,4-7H2,1-3H3. The van der Waals surface area contributed by atoms with Crippen LogP contribution in [0, 0.1) is 0 Å². The second kappa shape index (κ2) is 5.90. The van der Waals surface area contributed by atoms with Gasteiger partial charge in [0, 0.05) is 26.2 Å². The van der Waals surface area contributed by atoms with Crippen LogP contribution in [0.3, 0.4) is 0 Å². The number of ether oxygens (including phenoxy) is 1. The van der Waals surface area contributed by atoms with Crippen LogP contribution in [0.4, 0.5) is 10.6 Å². The molecule has 0 radical (unpaired) electrons. The number of hydrogen-bond donors (Lipinski definition) is 0. The smallest absolute Gasteiger partial charge is 0.410 e. The van der Waals surface area contributed by atoms with E-state index >= 15 is 0 Å². The van der Waals surface area contributed by atoms with Crippen LogP contribution in [0.1, 0.15) is 20.8 Å². The number of piperazine rings is 1. The van der Waals surface area contributed by atoms with E-state index in [2.05, 4.69) is 31.1 Å². The molecule has 1 aromatic rings. The Balaban J connectivity index is 1.89. The summed E-state index contributed by atoms with van der Waals surface area (Å²) in [5, 5.41) is 7.93. The van der Waals surface area contributed by atoms with Crippen LogP contribution in [0.15, 0.2) is 10.9 Å². The van der Waals surface area contributed by atoms with Crippen molar-refractivity contribution in [2.45, 2.75) is 26.4 Å². The van der Waals surface area contributed by atoms with Crippen LogP contribution >= 0.6 is 15.9 Å². The van der Waals surface area contributed by atoms with Crippen LogP contribution in [0.5, 0.6) is 0 Å². The molecule has 7 nitrogen and oxygen atoms in total. The monoisotopic (exact) mass is 343 g/mol. The zero-order valence-electron chi connectivity index (χ0n) is 11.8. The highest BCUT2D eigenvalue weighted by Crippen LogP contribution is 2.15. The average molecular weight is 344 g/mol. The maximum absolute atomic E-state index is 11.9. The summed E-state index contributed by atoms with van der Waals surface area (Å²) in [6.45, 7) is 8.19. The van der Waals surface area contributed by atoms with Gasteiger partial charge in [-0.1, -0.05) is 0 Å².